The Bertz CT molecular complexity index is 543. The van der Waals surface area contributed by atoms with Gasteiger partial charge >= 0.3 is 0 Å². The smallest absolute Gasteiger partial charge is 0.122 e. The van der Waals surface area contributed by atoms with Crippen LogP contribution in [-0.2, 0) is 12.8 Å². The van der Waals surface area contributed by atoms with Crippen LogP contribution in [0.2, 0.25) is 0 Å². The van der Waals surface area contributed by atoms with E-state index in [1.54, 1.807) is 19.5 Å². The Morgan fingerprint density at radius 2 is 1.95 bits per heavy atom. The second-order valence-corrected chi connectivity index (χ2v) is 4.94. The number of hydrazine groups is 1. The molecular weight excluding hydrogens is 250 g/mol. The third-order valence-corrected chi connectivity index (χ3v) is 3.37. The standard InChI is InChI=1S/C16H21N3O/c1-12-3-4-16(20-2)14(9-12)11-15(19-17)10-13-5-7-18-8-6-13/h3-9,15,19H,10-11,17H2,1-2H3. The molecule has 0 bridgehead atoms. The van der Waals surface area contributed by atoms with Gasteiger partial charge in [-0.25, -0.2) is 0 Å². The highest BCUT2D eigenvalue weighted by atomic mass is 16.5. The zero-order valence-electron chi connectivity index (χ0n) is 12.0. The number of benzene rings is 1. The Morgan fingerprint density at radius 3 is 2.60 bits per heavy atom. The van der Waals surface area contributed by atoms with Crippen molar-refractivity contribution in [3.8, 4) is 5.75 Å². The number of pyridine rings is 1. The number of methoxy groups -OCH3 is 1. The van der Waals surface area contributed by atoms with Crippen molar-refractivity contribution in [1.82, 2.24) is 10.4 Å². The average Bonchev–Trinajstić information content (AvgIpc) is 2.48. The number of ether oxygens (including phenoxy) is 1. The molecule has 0 radical (unpaired) electrons. The van der Waals surface area contributed by atoms with Crippen molar-refractivity contribution in [1.29, 1.82) is 0 Å². The van der Waals surface area contributed by atoms with E-state index >= 15 is 0 Å². The lowest BCUT2D eigenvalue weighted by molar-refractivity contribution is 0.404. The van der Waals surface area contributed by atoms with Crippen LogP contribution >= 0.6 is 0 Å². The summed E-state index contributed by atoms with van der Waals surface area (Å²) in [5.74, 6) is 6.60. The van der Waals surface area contributed by atoms with Crippen molar-refractivity contribution >= 4 is 0 Å². The van der Waals surface area contributed by atoms with Crippen LogP contribution in [-0.4, -0.2) is 18.1 Å². The maximum atomic E-state index is 5.69. The predicted octanol–water partition coefficient (Wildman–Crippen LogP) is 2.02. The summed E-state index contributed by atoms with van der Waals surface area (Å²) < 4.78 is 5.42. The summed E-state index contributed by atoms with van der Waals surface area (Å²) in [4.78, 5) is 4.03. The molecule has 2 rings (SSSR count). The molecule has 0 saturated carbocycles. The number of rotatable bonds is 6. The summed E-state index contributed by atoms with van der Waals surface area (Å²) in [7, 11) is 1.70. The van der Waals surface area contributed by atoms with Gasteiger partial charge in [-0.1, -0.05) is 17.7 Å². The number of hydrogen-bond donors (Lipinski definition) is 2. The lowest BCUT2D eigenvalue weighted by Crippen LogP contribution is -2.38. The Balaban J connectivity index is 2.12. The van der Waals surface area contributed by atoms with Crippen LogP contribution in [0.5, 0.6) is 5.75 Å². The number of aromatic nitrogens is 1. The van der Waals surface area contributed by atoms with E-state index in [0.29, 0.717) is 0 Å². The van der Waals surface area contributed by atoms with Crippen LogP contribution < -0.4 is 16.0 Å². The van der Waals surface area contributed by atoms with Crippen LogP contribution in [0.1, 0.15) is 16.7 Å². The Morgan fingerprint density at radius 1 is 1.20 bits per heavy atom. The molecule has 1 aromatic carbocycles. The molecule has 4 nitrogen and oxygen atoms in total. The highest BCUT2D eigenvalue weighted by Gasteiger charge is 2.12. The first-order valence-electron chi connectivity index (χ1n) is 6.71. The third-order valence-electron chi connectivity index (χ3n) is 3.37. The zero-order valence-corrected chi connectivity index (χ0v) is 12.0. The molecule has 4 heteroatoms. The quantitative estimate of drug-likeness (QED) is 0.623. The molecule has 20 heavy (non-hydrogen) atoms. The molecule has 2 aromatic rings. The molecule has 1 heterocycles. The summed E-state index contributed by atoms with van der Waals surface area (Å²) in [5, 5.41) is 0. The molecular formula is C16H21N3O. The van der Waals surface area contributed by atoms with Crippen molar-refractivity contribution in [3.05, 3.63) is 59.4 Å². The fraction of sp³-hybridized carbons (Fsp3) is 0.312. The van der Waals surface area contributed by atoms with Gasteiger partial charge in [0, 0.05) is 18.4 Å². The monoisotopic (exact) mass is 271 g/mol. The molecule has 0 aliphatic heterocycles. The van der Waals surface area contributed by atoms with E-state index in [-0.39, 0.29) is 6.04 Å². The largest absolute Gasteiger partial charge is 0.496 e. The predicted molar refractivity (Wildman–Crippen MR) is 80.5 cm³/mol. The van der Waals surface area contributed by atoms with Gasteiger partial charge in [0.05, 0.1) is 7.11 Å². The molecule has 0 aliphatic rings. The van der Waals surface area contributed by atoms with Gasteiger partial charge in [-0.05, 0) is 49.1 Å². The minimum absolute atomic E-state index is 0.160. The summed E-state index contributed by atoms with van der Waals surface area (Å²) in [5.41, 5.74) is 6.50. The highest BCUT2D eigenvalue weighted by molar-refractivity contribution is 5.37. The number of nitrogens with zero attached hydrogens (tertiary/aromatic N) is 1. The SMILES string of the molecule is COc1ccc(C)cc1CC(Cc1ccncc1)NN. The molecule has 0 saturated heterocycles. The number of hydrogen-bond acceptors (Lipinski definition) is 4. The summed E-state index contributed by atoms with van der Waals surface area (Å²) in [6, 6.07) is 10.4. The third kappa shape index (κ3) is 3.79. The Hall–Kier alpha value is -1.91. The van der Waals surface area contributed by atoms with Crippen LogP contribution in [0.25, 0.3) is 0 Å². The first kappa shape index (κ1) is 14.5. The molecule has 1 aromatic heterocycles. The van der Waals surface area contributed by atoms with Crippen molar-refractivity contribution in [3.63, 3.8) is 0 Å². The molecule has 1 atom stereocenters. The van der Waals surface area contributed by atoms with E-state index < -0.39 is 0 Å². The molecule has 0 amide bonds. The van der Waals surface area contributed by atoms with Crippen molar-refractivity contribution in [2.24, 2.45) is 5.84 Å². The van der Waals surface area contributed by atoms with Gasteiger partial charge in [-0.3, -0.25) is 16.3 Å². The van der Waals surface area contributed by atoms with Gasteiger partial charge in [-0.2, -0.15) is 0 Å². The molecule has 106 valence electrons. The summed E-state index contributed by atoms with van der Waals surface area (Å²) >= 11 is 0. The van der Waals surface area contributed by atoms with E-state index in [0.717, 1.165) is 18.6 Å². The van der Waals surface area contributed by atoms with Crippen LogP contribution in [0.3, 0.4) is 0 Å². The second-order valence-electron chi connectivity index (χ2n) is 4.94. The van der Waals surface area contributed by atoms with Gasteiger partial charge in [0.1, 0.15) is 5.75 Å². The van der Waals surface area contributed by atoms with Gasteiger partial charge in [0.2, 0.25) is 0 Å². The maximum Gasteiger partial charge on any atom is 0.122 e. The molecule has 1 unspecified atom stereocenters. The fourth-order valence-electron chi connectivity index (χ4n) is 2.33. The minimum atomic E-state index is 0.160. The van der Waals surface area contributed by atoms with Crippen molar-refractivity contribution < 1.29 is 4.74 Å². The van der Waals surface area contributed by atoms with Gasteiger partial charge < -0.3 is 4.74 Å². The minimum Gasteiger partial charge on any atom is -0.496 e. The topological polar surface area (TPSA) is 60.2 Å². The lowest BCUT2D eigenvalue weighted by atomic mass is 9.98. The van der Waals surface area contributed by atoms with E-state index in [1.165, 1.54) is 16.7 Å². The van der Waals surface area contributed by atoms with E-state index in [9.17, 15) is 0 Å². The van der Waals surface area contributed by atoms with Crippen LogP contribution in [0, 0.1) is 6.92 Å². The van der Waals surface area contributed by atoms with Crippen LogP contribution in [0.15, 0.2) is 42.7 Å². The highest BCUT2D eigenvalue weighted by Crippen LogP contribution is 2.21. The van der Waals surface area contributed by atoms with Gasteiger partial charge in [0.15, 0.2) is 0 Å². The second kappa shape index (κ2) is 7.03. The number of nitrogens with two attached hydrogens (primary N) is 1. The molecule has 0 fully saturated rings. The maximum absolute atomic E-state index is 5.69. The Labute approximate surface area is 120 Å². The number of aryl methyl sites for hydroxylation is 1. The number of nitrogens with one attached hydrogen (secondary N) is 1. The molecule has 3 N–H and O–H groups in total. The molecule has 0 spiro atoms. The summed E-state index contributed by atoms with van der Waals surface area (Å²) in [6.45, 7) is 2.08. The van der Waals surface area contributed by atoms with Crippen LogP contribution in [0.4, 0.5) is 0 Å². The first-order valence-corrected chi connectivity index (χ1v) is 6.71. The van der Waals surface area contributed by atoms with Gasteiger partial charge in [-0.15, -0.1) is 0 Å². The van der Waals surface area contributed by atoms with Crippen molar-refractivity contribution in [2.45, 2.75) is 25.8 Å². The fourth-order valence-corrected chi connectivity index (χ4v) is 2.33. The van der Waals surface area contributed by atoms with Crippen molar-refractivity contribution in [2.75, 3.05) is 7.11 Å². The zero-order chi connectivity index (χ0) is 14.4. The lowest BCUT2D eigenvalue weighted by Gasteiger charge is -2.18. The van der Waals surface area contributed by atoms with E-state index in [1.807, 2.05) is 18.2 Å². The first-order chi connectivity index (χ1) is 9.72. The Kier molecular flexibility index (Phi) is 5.09. The summed E-state index contributed by atoms with van der Waals surface area (Å²) in [6.07, 6.45) is 5.28. The van der Waals surface area contributed by atoms with E-state index in [2.05, 4.69) is 29.5 Å². The van der Waals surface area contributed by atoms with E-state index in [4.69, 9.17) is 10.6 Å². The van der Waals surface area contributed by atoms with Gasteiger partial charge in [0.25, 0.3) is 0 Å². The average molecular weight is 271 g/mol. The normalized spacial score (nSPS) is 12.2. The molecule has 0 aliphatic carbocycles.